The number of amides is 2. The molecule has 33 heavy (non-hydrogen) atoms. The number of benzene rings is 2. The first kappa shape index (κ1) is 28.8. The molecule has 4 N–H and O–H groups in total. The summed E-state index contributed by atoms with van der Waals surface area (Å²) in [5, 5.41) is 53.1. The molecule has 13 heteroatoms. The molecule has 2 aromatic rings. The SMILES string of the molecule is CC(=N/O)/C(=N\O)C(=O)Nc1ccccc1.CC(=N/[O-])/C(=N\[O-])C(=O)Nc1ccccc1.[Ni+2]. The second-order valence-electron chi connectivity index (χ2n) is 5.89. The topological polar surface area (TPSA) is 194 Å². The zero-order chi connectivity index (χ0) is 23.9. The monoisotopic (exact) mass is 498 g/mol. The van der Waals surface area contributed by atoms with Crippen molar-refractivity contribution in [3.05, 3.63) is 71.1 Å². The maximum absolute atomic E-state index is 11.6. The summed E-state index contributed by atoms with van der Waals surface area (Å²) in [6.45, 7) is 2.59. The van der Waals surface area contributed by atoms with Crippen molar-refractivity contribution in [2.24, 2.45) is 20.6 Å². The van der Waals surface area contributed by atoms with E-state index in [-0.39, 0.29) is 33.6 Å². The molecule has 0 radical (unpaired) electrons. The van der Waals surface area contributed by atoms with Crippen LogP contribution < -0.4 is 10.6 Å². The Morgan fingerprint density at radius 2 is 1.12 bits per heavy atom. The van der Waals surface area contributed by atoms with Crippen molar-refractivity contribution in [1.29, 1.82) is 0 Å². The number of oxime groups is 2. The first-order valence-corrected chi connectivity index (χ1v) is 8.89. The third-order valence-electron chi connectivity index (χ3n) is 3.66. The molecule has 176 valence electrons. The van der Waals surface area contributed by atoms with Crippen molar-refractivity contribution in [2.45, 2.75) is 13.8 Å². The predicted octanol–water partition coefficient (Wildman–Crippen LogP) is 2.83. The normalized spacial score (nSPS) is 11.9. The minimum atomic E-state index is -0.752. The van der Waals surface area contributed by atoms with Gasteiger partial charge in [0.05, 0.1) is 5.71 Å². The molecule has 2 aromatic carbocycles. The van der Waals surface area contributed by atoms with E-state index in [4.69, 9.17) is 10.4 Å². The Balaban J connectivity index is 0.000000602. The Bertz CT molecular complexity index is 942. The van der Waals surface area contributed by atoms with E-state index in [1.807, 2.05) is 0 Å². The Morgan fingerprint density at radius 1 is 0.697 bits per heavy atom. The standard InChI is InChI=1S/2C10H11N3O3.Ni/c2*1-7(12-15)9(13-16)10(14)11-8-5-3-2-4-6-8;/h2*2-6,15-16H,1H3,(H,11,14);/q;;+2/p-2/b2*12-7-,13-9+;. The van der Waals surface area contributed by atoms with Gasteiger partial charge in [-0.1, -0.05) is 46.7 Å². The second kappa shape index (κ2) is 15.5. The number of hydrogen-bond acceptors (Lipinski definition) is 10. The van der Waals surface area contributed by atoms with Gasteiger partial charge in [-0.15, -0.1) is 0 Å². The summed E-state index contributed by atoms with van der Waals surface area (Å²) in [5.41, 5.74) is -0.115. The van der Waals surface area contributed by atoms with E-state index >= 15 is 0 Å². The Labute approximate surface area is 198 Å². The Morgan fingerprint density at radius 3 is 1.45 bits per heavy atom. The molecule has 0 aliphatic heterocycles. The number of para-hydroxylation sites is 2. The molecule has 12 nitrogen and oxygen atoms in total. The number of carbonyl (C=O) groups excluding carboxylic acids is 2. The van der Waals surface area contributed by atoms with Gasteiger partial charge in [0.15, 0.2) is 5.71 Å². The second-order valence-corrected chi connectivity index (χ2v) is 5.89. The average molecular weight is 499 g/mol. The van der Waals surface area contributed by atoms with Gasteiger partial charge < -0.3 is 41.8 Å². The Kier molecular flexibility index (Phi) is 13.5. The fourth-order valence-electron chi connectivity index (χ4n) is 2.07. The van der Waals surface area contributed by atoms with Gasteiger partial charge in [0.1, 0.15) is 11.4 Å². The zero-order valence-electron chi connectivity index (χ0n) is 17.4. The number of nitrogens with zero attached hydrogens (tertiary/aromatic N) is 4. The fourth-order valence-corrected chi connectivity index (χ4v) is 2.07. The molecule has 0 fully saturated rings. The van der Waals surface area contributed by atoms with Crippen LogP contribution in [0.1, 0.15) is 13.8 Å². The average Bonchev–Trinajstić information content (AvgIpc) is 2.81. The van der Waals surface area contributed by atoms with E-state index in [1.54, 1.807) is 60.7 Å². The zero-order valence-corrected chi connectivity index (χ0v) is 18.4. The van der Waals surface area contributed by atoms with E-state index in [2.05, 4.69) is 31.3 Å². The molecule has 0 aromatic heterocycles. The van der Waals surface area contributed by atoms with Crippen LogP contribution in [0.25, 0.3) is 0 Å². The molecule has 2 rings (SSSR count). The molecule has 0 saturated heterocycles. The summed E-state index contributed by atoms with van der Waals surface area (Å²) in [6, 6.07) is 17.2. The van der Waals surface area contributed by atoms with Gasteiger partial charge in [0.25, 0.3) is 11.8 Å². The third kappa shape index (κ3) is 9.62. The Hall–Kier alpha value is -4.25. The summed E-state index contributed by atoms with van der Waals surface area (Å²) in [5.74, 6) is -1.40. The number of anilines is 2. The molecule has 0 aliphatic rings. The summed E-state index contributed by atoms with van der Waals surface area (Å²) >= 11 is 0. The molecular formula is C20H20N6NiO6. The number of hydrogen-bond donors (Lipinski definition) is 4. The summed E-state index contributed by atoms with van der Waals surface area (Å²) in [6.07, 6.45) is 0. The van der Waals surface area contributed by atoms with Crippen LogP contribution in [0.15, 0.2) is 81.3 Å². The van der Waals surface area contributed by atoms with Gasteiger partial charge in [-0.05, 0) is 38.1 Å². The molecular weight excluding hydrogens is 479 g/mol. The molecule has 0 spiro atoms. The van der Waals surface area contributed by atoms with Gasteiger partial charge in [0, 0.05) is 11.4 Å². The maximum Gasteiger partial charge on any atom is 2.00 e. The first-order chi connectivity index (χ1) is 15.4. The van der Waals surface area contributed by atoms with Gasteiger partial charge in [-0.3, -0.25) is 9.59 Å². The van der Waals surface area contributed by atoms with Crippen LogP contribution in [0.3, 0.4) is 0 Å². The van der Waals surface area contributed by atoms with E-state index in [0.29, 0.717) is 11.4 Å². The smallest absolute Gasteiger partial charge is 0.792 e. The van der Waals surface area contributed by atoms with Gasteiger partial charge in [-0.2, -0.15) is 0 Å². The van der Waals surface area contributed by atoms with Crippen LogP contribution >= 0.6 is 0 Å². The van der Waals surface area contributed by atoms with Crippen LogP contribution in [-0.4, -0.2) is 45.1 Å². The minimum absolute atomic E-state index is 0. The van der Waals surface area contributed by atoms with Crippen LogP contribution in [0.4, 0.5) is 11.4 Å². The van der Waals surface area contributed by atoms with E-state index in [1.165, 1.54) is 13.8 Å². The summed E-state index contributed by atoms with van der Waals surface area (Å²) < 4.78 is 0. The third-order valence-corrected chi connectivity index (χ3v) is 3.66. The molecule has 0 unspecified atom stereocenters. The van der Waals surface area contributed by atoms with Crippen molar-refractivity contribution in [3.63, 3.8) is 0 Å². The summed E-state index contributed by atoms with van der Waals surface area (Å²) in [7, 11) is 0. The largest absolute Gasteiger partial charge is 2.00 e. The fraction of sp³-hybridized carbons (Fsp3) is 0.100. The number of rotatable bonds is 6. The molecule has 0 aliphatic carbocycles. The van der Waals surface area contributed by atoms with Crippen molar-refractivity contribution in [3.8, 4) is 0 Å². The van der Waals surface area contributed by atoms with Crippen molar-refractivity contribution in [1.82, 2.24) is 0 Å². The van der Waals surface area contributed by atoms with Crippen molar-refractivity contribution < 1.29 is 36.5 Å². The minimum Gasteiger partial charge on any atom is -0.792 e. The quantitative estimate of drug-likeness (QED) is 0.204. The maximum atomic E-state index is 11.6. The molecule has 0 saturated carbocycles. The van der Waals surface area contributed by atoms with Crippen LogP contribution in [0.5, 0.6) is 0 Å². The number of carbonyl (C=O) groups is 2. The van der Waals surface area contributed by atoms with Gasteiger partial charge in [0.2, 0.25) is 0 Å². The van der Waals surface area contributed by atoms with Crippen molar-refractivity contribution in [2.75, 3.05) is 10.6 Å². The van der Waals surface area contributed by atoms with E-state index < -0.39 is 17.5 Å². The molecule has 0 bridgehead atoms. The first-order valence-electron chi connectivity index (χ1n) is 8.89. The molecule has 0 heterocycles. The van der Waals surface area contributed by atoms with Crippen LogP contribution in [0.2, 0.25) is 0 Å². The van der Waals surface area contributed by atoms with Gasteiger partial charge >= 0.3 is 16.5 Å². The van der Waals surface area contributed by atoms with Crippen LogP contribution in [-0.2, 0) is 26.1 Å². The van der Waals surface area contributed by atoms with E-state index in [9.17, 15) is 20.0 Å². The van der Waals surface area contributed by atoms with Crippen molar-refractivity contribution >= 4 is 46.0 Å². The molecule has 0 atom stereocenters. The predicted molar refractivity (Wildman–Crippen MR) is 122 cm³/mol. The summed E-state index contributed by atoms with van der Waals surface area (Å²) in [4.78, 5) is 23.0. The van der Waals surface area contributed by atoms with E-state index in [0.717, 1.165) is 0 Å². The van der Waals surface area contributed by atoms with Crippen LogP contribution in [0, 0.1) is 10.4 Å². The number of nitrogens with one attached hydrogen (secondary N) is 2. The van der Waals surface area contributed by atoms with Gasteiger partial charge in [-0.25, -0.2) is 0 Å². The molecule has 2 amide bonds.